The van der Waals surface area contributed by atoms with Crippen molar-refractivity contribution in [3.8, 4) is 0 Å². The van der Waals surface area contributed by atoms with E-state index in [-0.39, 0.29) is 11.8 Å². The maximum Gasteiger partial charge on any atom is 0.225 e. The molecule has 3 heteroatoms. The van der Waals surface area contributed by atoms with E-state index in [0.717, 1.165) is 25.8 Å². The zero-order valence-electron chi connectivity index (χ0n) is 13.1. The van der Waals surface area contributed by atoms with Gasteiger partial charge in [0.15, 0.2) is 0 Å². The van der Waals surface area contributed by atoms with Crippen LogP contribution in [-0.4, -0.2) is 18.5 Å². The van der Waals surface area contributed by atoms with Gasteiger partial charge in [-0.2, -0.15) is 0 Å². The van der Waals surface area contributed by atoms with Gasteiger partial charge in [0.25, 0.3) is 0 Å². The molecule has 2 aliphatic rings. The second-order valence-corrected chi connectivity index (χ2v) is 7.39. The topological polar surface area (TPSA) is 41.1 Å². The summed E-state index contributed by atoms with van der Waals surface area (Å²) in [5.74, 6) is 0.288. The van der Waals surface area contributed by atoms with Crippen LogP contribution in [0.1, 0.15) is 45.1 Å². The molecule has 1 aliphatic carbocycles. The summed E-state index contributed by atoms with van der Waals surface area (Å²) in [6.45, 7) is 5.40. The van der Waals surface area contributed by atoms with Crippen molar-refractivity contribution in [3.05, 3.63) is 29.8 Å². The highest BCUT2D eigenvalue weighted by atomic mass is 16.2. The first kappa shape index (κ1) is 14.4. The van der Waals surface area contributed by atoms with Crippen molar-refractivity contribution in [2.75, 3.05) is 11.9 Å². The van der Waals surface area contributed by atoms with Gasteiger partial charge in [-0.3, -0.25) is 4.79 Å². The first-order valence-corrected chi connectivity index (χ1v) is 8.16. The molecule has 1 fully saturated rings. The van der Waals surface area contributed by atoms with E-state index in [1.807, 2.05) is 12.1 Å². The van der Waals surface area contributed by atoms with E-state index in [2.05, 4.69) is 36.6 Å². The summed E-state index contributed by atoms with van der Waals surface area (Å²) in [6.07, 6.45) is 5.52. The van der Waals surface area contributed by atoms with Gasteiger partial charge in [0.2, 0.25) is 5.91 Å². The molecule has 0 saturated heterocycles. The molecule has 1 atom stereocenters. The lowest BCUT2D eigenvalue weighted by Crippen LogP contribution is -2.45. The van der Waals surface area contributed by atoms with Gasteiger partial charge in [-0.05, 0) is 49.1 Å². The molecule has 114 valence electrons. The molecular formula is C18H26N2O. The van der Waals surface area contributed by atoms with Crippen LogP contribution in [0.3, 0.4) is 0 Å². The van der Waals surface area contributed by atoms with Crippen LogP contribution in [-0.2, 0) is 11.2 Å². The minimum atomic E-state index is 0.0647. The van der Waals surface area contributed by atoms with Gasteiger partial charge >= 0.3 is 0 Å². The molecule has 0 spiro atoms. The lowest BCUT2D eigenvalue weighted by atomic mass is 9.75. The molecule has 1 aliphatic heterocycles. The Morgan fingerprint density at radius 3 is 2.71 bits per heavy atom. The molecule has 0 bridgehead atoms. The Morgan fingerprint density at radius 2 is 1.95 bits per heavy atom. The Kier molecular flexibility index (Phi) is 3.92. The third-order valence-corrected chi connectivity index (χ3v) is 5.08. The second-order valence-electron chi connectivity index (χ2n) is 7.39. The molecule has 1 amide bonds. The van der Waals surface area contributed by atoms with Crippen molar-refractivity contribution in [2.24, 2.45) is 11.3 Å². The minimum Gasteiger partial charge on any atom is -0.384 e. The van der Waals surface area contributed by atoms with Crippen molar-refractivity contribution in [1.82, 2.24) is 5.32 Å². The Hall–Kier alpha value is -1.51. The standard InChI is InChI=1S/C18H26N2O/c1-18(2)9-7-15(8-10-18)20-17(21)14-11-13-5-3-4-6-16(13)19-12-14/h3-6,14-15,19H,7-12H2,1-2H3,(H,20,21). The summed E-state index contributed by atoms with van der Waals surface area (Å²) in [7, 11) is 0. The van der Waals surface area contributed by atoms with Gasteiger partial charge in [0.05, 0.1) is 5.92 Å². The number of anilines is 1. The Labute approximate surface area is 127 Å². The van der Waals surface area contributed by atoms with Gasteiger partial charge in [-0.1, -0.05) is 32.0 Å². The third kappa shape index (κ3) is 3.39. The molecule has 1 aromatic rings. The number of carbonyl (C=O) groups is 1. The van der Waals surface area contributed by atoms with E-state index < -0.39 is 0 Å². The molecule has 1 unspecified atom stereocenters. The van der Waals surface area contributed by atoms with Crippen molar-refractivity contribution >= 4 is 11.6 Å². The Balaban J connectivity index is 1.55. The average molecular weight is 286 g/mol. The lowest BCUT2D eigenvalue weighted by molar-refractivity contribution is -0.125. The predicted octanol–water partition coefficient (Wildman–Crippen LogP) is 3.36. The fourth-order valence-electron chi connectivity index (χ4n) is 3.49. The van der Waals surface area contributed by atoms with Gasteiger partial charge in [0.1, 0.15) is 0 Å². The monoisotopic (exact) mass is 286 g/mol. The highest BCUT2D eigenvalue weighted by Gasteiger charge is 2.30. The number of fused-ring (bicyclic) bond motifs is 1. The van der Waals surface area contributed by atoms with Crippen molar-refractivity contribution in [3.63, 3.8) is 0 Å². The molecule has 1 saturated carbocycles. The summed E-state index contributed by atoms with van der Waals surface area (Å²) in [5.41, 5.74) is 2.89. The van der Waals surface area contributed by atoms with Crippen LogP contribution < -0.4 is 10.6 Å². The van der Waals surface area contributed by atoms with Crippen LogP contribution in [0, 0.1) is 11.3 Å². The van der Waals surface area contributed by atoms with E-state index in [4.69, 9.17) is 0 Å². The molecule has 21 heavy (non-hydrogen) atoms. The van der Waals surface area contributed by atoms with Crippen molar-refractivity contribution < 1.29 is 4.79 Å². The van der Waals surface area contributed by atoms with E-state index in [1.165, 1.54) is 24.1 Å². The number of para-hydroxylation sites is 1. The summed E-state index contributed by atoms with van der Waals surface area (Å²) in [5, 5.41) is 6.66. The maximum atomic E-state index is 12.5. The SMILES string of the molecule is CC1(C)CCC(NC(=O)C2CNc3ccccc3C2)CC1. The molecular weight excluding hydrogens is 260 g/mol. The first-order chi connectivity index (χ1) is 10.0. The molecule has 0 aromatic heterocycles. The maximum absolute atomic E-state index is 12.5. The number of hydrogen-bond donors (Lipinski definition) is 2. The van der Waals surface area contributed by atoms with Crippen molar-refractivity contribution in [1.29, 1.82) is 0 Å². The zero-order valence-corrected chi connectivity index (χ0v) is 13.1. The largest absolute Gasteiger partial charge is 0.384 e. The summed E-state index contributed by atoms with van der Waals surface area (Å²) in [4.78, 5) is 12.5. The number of rotatable bonds is 2. The molecule has 2 N–H and O–H groups in total. The Bertz CT molecular complexity index is 514. The second kappa shape index (κ2) is 5.70. The third-order valence-electron chi connectivity index (χ3n) is 5.08. The lowest BCUT2D eigenvalue weighted by Gasteiger charge is -2.35. The predicted molar refractivity (Wildman–Crippen MR) is 86.3 cm³/mol. The van der Waals surface area contributed by atoms with Crippen LogP contribution in [0.25, 0.3) is 0 Å². The molecule has 1 aromatic carbocycles. The van der Waals surface area contributed by atoms with Gasteiger partial charge in [0, 0.05) is 18.3 Å². The van der Waals surface area contributed by atoms with E-state index in [0.29, 0.717) is 11.5 Å². The van der Waals surface area contributed by atoms with Gasteiger partial charge in [-0.25, -0.2) is 0 Å². The van der Waals surface area contributed by atoms with Crippen LogP contribution >= 0.6 is 0 Å². The number of carbonyl (C=O) groups excluding carboxylic acids is 1. The van der Waals surface area contributed by atoms with E-state index in [1.54, 1.807) is 0 Å². The highest BCUT2D eigenvalue weighted by molar-refractivity contribution is 5.81. The van der Waals surface area contributed by atoms with Crippen LogP contribution in [0.4, 0.5) is 5.69 Å². The molecule has 1 heterocycles. The quantitative estimate of drug-likeness (QED) is 0.875. The number of benzene rings is 1. The zero-order chi connectivity index (χ0) is 14.9. The summed E-state index contributed by atoms with van der Waals surface area (Å²) in [6, 6.07) is 8.67. The summed E-state index contributed by atoms with van der Waals surface area (Å²) >= 11 is 0. The number of nitrogens with one attached hydrogen (secondary N) is 2. The van der Waals surface area contributed by atoms with Crippen LogP contribution in [0.2, 0.25) is 0 Å². The summed E-state index contributed by atoms with van der Waals surface area (Å²) < 4.78 is 0. The minimum absolute atomic E-state index is 0.0647. The average Bonchev–Trinajstić information content (AvgIpc) is 2.49. The van der Waals surface area contributed by atoms with Crippen LogP contribution in [0.5, 0.6) is 0 Å². The van der Waals surface area contributed by atoms with E-state index >= 15 is 0 Å². The normalized spacial score (nSPS) is 24.8. The van der Waals surface area contributed by atoms with Crippen molar-refractivity contribution in [2.45, 2.75) is 52.0 Å². The fraction of sp³-hybridized carbons (Fsp3) is 0.611. The van der Waals surface area contributed by atoms with Crippen LogP contribution in [0.15, 0.2) is 24.3 Å². The molecule has 0 radical (unpaired) electrons. The smallest absolute Gasteiger partial charge is 0.225 e. The van der Waals surface area contributed by atoms with E-state index in [9.17, 15) is 4.79 Å². The highest BCUT2D eigenvalue weighted by Crippen LogP contribution is 2.35. The Morgan fingerprint density at radius 1 is 1.24 bits per heavy atom. The number of amides is 1. The molecule has 3 rings (SSSR count). The number of hydrogen-bond acceptors (Lipinski definition) is 2. The first-order valence-electron chi connectivity index (χ1n) is 8.16. The van der Waals surface area contributed by atoms with Gasteiger partial charge < -0.3 is 10.6 Å². The molecule has 3 nitrogen and oxygen atoms in total. The fourth-order valence-corrected chi connectivity index (χ4v) is 3.49. The van der Waals surface area contributed by atoms with Gasteiger partial charge in [-0.15, -0.1) is 0 Å².